The van der Waals surface area contributed by atoms with Crippen LogP contribution in [0.2, 0.25) is 0 Å². The molecule has 9 heteroatoms. The Morgan fingerprint density at radius 3 is 2.31 bits per heavy atom. The molecule has 0 bridgehead atoms. The highest BCUT2D eigenvalue weighted by Crippen LogP contribution is 2.37. The summed E-state index contributed by atoms with van der Waals surface area (Å²) in [7, 11) is 5.31. The first-order valence-electron chi connectivity index (χ1n) is 11.8. The fourth-order valence-electron chi connectivity index (χ4n) is 4.20. The molecule has 0 spiro atoms. The Bertz CT molecular complexity index is 1290. The second-order valence-electron chi connectivity index (χ2n) is 8.53. The standard InChI is InChI=1S/C26H34N6O2S/c1-8-32(9-2)15-21-28-24(22-16(3)17(4)35-26(22)29-21)30-23(25-27-10-11-31(25)5)18-12-19(33-6)14-20(13-18)34-7/h10-14,23H,8-9,15H2,1-7H3,(H,28,29,30)/t23-/m1/s1. The monoisotopic (exact) mass is 494 g/mol. The molecule has 4 rings (SSSR count). The van der Waals surface area contributed by atoms with Crippen LogP contribution in [0.3, 0.4) is 0 Å². The van der Waals surface area contributed by atoms with E-state index in [2.05, 4.69) is 42.9 Å². The number of imidazole rings is 1. The molecule has 0 fully saturated rings. The molecule has 0 radical (unpaired) electrons. The van der Waals surface area contributed by atoms with Crippen molar-refractivity contribution in [2.75, 3.05) is 32.6 Å². The maximum atomic E-state index is 5.56. The predicted octanol–water partition coefficient (Wildman–Crippen LogP) is 5.10. The van der Waals surface area contributed by atoms with Crippen LogP contribution in [0.1, 0.15) is 47.5 Å². The third-order valence-electron chi connectivity index (χ3n) is 6.44. The summed E-state index contributed by atoms with van der Waals surface area (Å²) in [6.07, 6.45) is 3.76. The van der Waals surface area contributed by atoms with Gasteiger partial charge in [0.1, 0.15) is 39.8 Å². The predicted molar refractivity (Wildman–Crippen MR) is 142 cm³/mol. The van der Waals surface area contributed by atoms with E-state index in [1.165, 1.54) is 10.4 Å². The van der Waals surface area contributed by atoms with Crippen LogP contribution in [0.4, 0.5) is 5.82 Å². The number of rotatable bonds is 10. The van der Waals surface area contributed by atoms with Gasteiger partial charge in [0.15, 0.2) is 0 Å². The van der Waals surface area contributed by atoms with E-state index in [1.807, 2.05) is 42.2 Å². The topological polar surface area (TPSA) is 77.3 Å². The van der Waals surface area contributed by atoms with Crippen molar-refractivity contribution in [2.24, 2.45) is 7.05 Å². The highest BCUT2D eigenvalue weighted by Gasteiger charge is 2.24. The normalized spacial score (nSPS) is 12.3. The fourth-order valence-corrected chi connectivity index (χ4v) is 5.25. The number of nitrogens with zero attached hydrogens (tertiary/aromatic N) is 5. The van der Waals surface area contributed by atoms with Gasteiger partial charge in [-0.2, -0.15) is 0 Å². The third kappa shape index (κ3) is 5.11. The summed E-state index contributed by atoms with van der Waals surface area (Å²) in [4.78, 5) is 19.2. The molecule has 0 saturated carbocycles. The zero-order chi connectivity index (χ0) is 25.1. The molecule has 1 atom stereocenters. The van der Waals surface area contributed by atoms with Gasteiger partial charge in [-0.15, -0.1) is 11.3 Å². The van der Waals surface area contributed by atoms with Gasteiger partial charge in [-0.05, 0) is 50.2 Å². The van der Waals surface area contributed by atoms with Gasteiger partial charge in [-0.1, -0.05) is 13.8 Å². The number of aromatic nitrogens is 4. The minimum absolute atomic E-state index is 0.280. The molecule has 1 aromatic carbocycles. The molecular weight excluding hydrogens is 460 g/mol. The lowest BCUT2D eigenvalue weighted by atomic mass is 10.0. The summed E-state index contributed by atoms with van der Waals surface area (Å²) in [5, 5.41) is 4.79. The van der Waals surface area contributed by atoms with Crippen molar-refractivity contribution in [1.82, 2.24) is 24.4 Å². The van der Waals surface area contributed by atoms with Gasteiger partial charge in [0, 0.05) is 30.4 Å². The molecule has 35 heavy (non-hydrogen) atoms. The zero-order valence-corrected chi connectivity index (χ0v) is 22.4. The van der Waals surface area contributed by atoms with Gasteiger partial charge in [0.2, 0.25) is 0 Å². The first-order chi connectivity index (χ1) is 16.9. The van der Waals surface area contributed by atoms with Crippen LogP contribution in [-0.4, -0.2) is 51.7 Å². The first-order valence-corrected chi connectivity index (χ1v) is 12.7. The average Bonchev–Trinajstić information content (AvgIpc) is 3.42. The number of hydrogen-bond acceptors (Lipinski definition) is 8. The van der Waals surface area contributed by atoms with E-state index < -0.39 is 0 Å². The summed E-state index contributed by atoms with van der Waals surface area (Å²) in [5.74, 6) is 3.93. The van der Waals surface area contributed by atoms with E-state index in [-0.39, 0.29) is 6.04 Å². The molecular formula is C26H34N6O2S. The SMILES string of the molecule is CCN(CC)Cc1nc(N[C@H](c2cc(OC)cc(OC)c2)c2nccn2C)c2c(C)c(C)sc2n1. The van der Waals surface area contributed by atoms with Gasteiger partial charge >= 0.3 is 0 Å². The second-order valence-corrected chi connectivity index (χ2v) is 9.74. The summed E-state index contributed by atoms with van der Waals surface area (Å²) in [6, 6.07) is 5.61. The molecule has 4 aromatic rings. The van der Waals surface area contributed by atoms with Crippen LogP contribution in [0, 0.1) is 13.8 Å². The molecule has 0 saturated heterocycles. The third-order valence-corrected chi connectivity index (χ3v) is 7.54. The highest BCUT2D eigenvalue weighted by atomic mass is 32.1. The lowest BCUT2D eigenvalue weighted by molar-refractivity contribution is 0.289. The van der Waals surface area contributed by atoms with Crippen LogP contribution >= 0.6 is 11.3 Å². The minimum atomic E-state index is -0.280. The Kier molecular flexibility index (Phi) is 7.57. The van der Waals surface area contributed by atoms with Gasteiger partial charge in [0.05, 0.1) is 26.2 Å². The van der Waals surface area contributed by atoms with Crippen molar-refractivity contribution in [1.29, 1.82) is 0 Å². The first kappa shape index (κ1) is 24.9. The van der Waals surface area contributed by atoms with Crippen molar-refractivity contribution in [2.45, 2.75) is 40.3 Å². The van der Waals surface area contributed by atoms with E-state index in [0.29, 0.717) is 6.54 Å². The van der Waals surface area contributed by atoms with Crippen molar-refractivity contribution in [3.05, 3.63) is 58.2 Å². The van der Waals surface area contributed by atoms with E-state index in [4.69, 9.17) is 19.4 Å². The van der Waals surface area contributed by atoms with Crippen LogP contribution in [-0.2, 0) is 13.6 Å². The molecule has 1 N–H and O–H groups in total. The lowest BCUT2D eigenvalue weighted by Gasteiger charge is -2.23. The van der Waals surface area contributed by atoms with Crippen LogP contribution < -0.4 is 14.8 Å². The highest BCUT2D eigenvalue weighted by molar-refractivity contribution is 7.18. The lowest BCUT2D eigenvalue weighted by Crippen LogP contribution is -2.24. The van der Waals surface area contributed by atoms with Gasteiger partial charge in [0.25, 0.3) is 0 Å². The Labute approximate surface area is 210 Å². The van der Waals surface area contributed by atoms with Crippen LogP contribution in [0.5, 0.6) is 11.5 Å². The quantitative estimate of drug-likeness (QED) is 0.329. The van der Waals surface area contributed by atoms with Crippen molar-refractivity contribution in [3.8, 4) is 11.5 Å². The van der Waals surface area contributed by atoms with Crippen LogP contribution in [0.15, 0.2) is 30.6 Å². The Hall–Kier alpha value is -3.17. The number of benzene rings is 1. The molecule has 8 nitrogen and oxygen atoms in total. The smallest absolute Gasteiger partial charge is 0.146 e. The summed E-state index contributed by atoms with van der Waals surface area (Å²) in [5.41, 5.74) is 2.17. The molecule has 186 valence electrons. The molecule has 0 unspecified atom stereocenters. The number of aryl methyl sites for hydroxylation is 3. The second kappa shape index (κ2) is 10.6. The maximum absolute atomic E-state index is 5.56. The van der Waals surface area contributed by atoms with E-state index >= 15 is 0 Å². The number of hydrogen-bond donors (Lipinski definition) is 1. The number of anilines is 1. The van der Waals surface area contributed by atoms with Gasteiger partial charge in [-0.3, -0.25) is 4.90 Å². The number of nitrogens with one attached hydrogen (secondary N) is 1. The number of thiophene rings is 1. The Morgan fingerprint density at radius 1 is 1.06 bits per heavy atom. The fraction of sp³-hybridized carbons (Fsp3) is 0.423. The van der Waals surface area contributed by atoms with Gasteiger partial charge in [-0.25, -0.2) is 15.0 Å². The average molecular weight is 495 g/mol. The van der Waals surface area contributed by atoms with Crippen molar-refractivity contribution < 1.29 is 9.47 Å². The minimum Gasteiger partial charge on any atom is -0.497 e. The van der Waals surface area contributed by atoms with Crippen molar-refractivity contribution in [3.63, 3.8) is 0 Å². The number of ether oxygens (including phenoxy) is 2. The Morgan fingerprint density at radius 2 is 1.74 bits per heavy atom. The molecule has 0 aliphatic carbocycles. The molecule has 0 amide bonds. The molecule has 0 aliphatic heterocycles. The van der Waals surface area contributed by atoms with E-state index in [1.54, 1.807) is 25.6 Å². The van der Waals surface area contributed by atoms with Crippen LogP contribution in [0.25, 0.3) is 10.2 Å². The summed E-state index contributed by atoms with van der Waals surface area (Å²) in [6.45, 7) is 11.2. The largest absolute Gasteiger partial charge is 0.497 e. The number of methoxy groups -OCH3 is 2. The Balaban J connectivity index is 1.87. The molecule has 3 aromatic heterocycles. The summed E-state index contributed by atoms with van der Waals surface area (Å²) < 4.78 is 13.1. The van der Waals surface area contributed by atoms with Crippen molar-refractivity contribution >= 4 is 27.4 Å². The number of fused-ring (bicyclic) bond motifs is 1. The zero-order valence-electron chi connectivity index (χ0n) is 21.5. The maximum Gasteiger partial charge on any atom is 0.146 e. The van der Waals surface area contributed by atoms with E-state index in [0.717, 1.165) is 57.8 Å². The summed E-state index contributed by atoms with van der Waals surface area (Å²) >= 11 is 1.71. The molecule has 3 heterocycles. The van der Waals surface area contributed by atoms with Gasteiger partial charge < -0.3 is 19.4 Å². The molecule has 0 aliphatic rings. The van der Waals surface area contributed by atoms with E-state index in [9.17, 15) is 0 Å².